The lowest BCUT2D eigenvalue weighted by atomic mass is 9.53. The summed E-state index contributed by atoms with van der Waals surface area (Å²) in [4.78, 5) is 0. The number of pyridine rings is 1. The van der Waals surface area contributed by atoms with Gasteiger partial charge in [-0.1, -0.05) is 66.7 Å². The number of fused-ring (bicyclic) bond motifs is 1. The molecule has 2 unspecified atom stereocenters. The van der Waals surface area contributed by atoms with Gasteiger partial charge in [-0.2, -0.15) is 4.57 Å². The summed E-state index contributed by atoms with van der Waals surface area (Å²) >= 11 is 0. The van der Waals surface area contributed by atoms with Crippen molar-refractivity contribution in [3.63, 3.8) is 0 Å². The molecule has 0 saturated heterocycles. The maximum Gasteiger partial charge on any atom is 0.190 e. The number of hydrogen-bond acceptors (Lipinski definition) is 1. The van der Waals surface area contributed by atoms with Gasteiger partial charge in [-0.15, -0.1) is 0 Å². The molecule has 3 heterocycles. The van der Waals surface area contributed by atoms with Crippen LogP contribution in [-0.4, -0.2) is 5.11 Å². The highest BCUT2D eigenvalue weighted by Crippen LogP contribution is 2.59. The molecule has 4 aromatic rings. The predicted molar refractivity (Wildman–Crippen MR) is 113 cm³/mol. The van der Waals surface area contributed by atoms with Crippen molar-refractivity contribution in [1.82, 2.24) is 0 Å². The third-order valence-corrected chi connectivity index (χ3v) is 6.88. The van der Waals surface area contributed by atoms with Gasteiger partial charge in [0.15, 0.2) is 17.9 Å². The Morgan fingerprint density at radius 2 is 1.38 bits per heavy atom. The summed E-state index contributed by atoms with van der Waals surface area (Å²) in [6, 6.07) is 34.5. The minimum Gasteiger partial charge on any atom is -0.508 e. The molecule has 29 heavy (non-hydrogen) atoms. The molecule has 140 valence electrons. The smallest absolute Gasteiger partial charge is 0.190 e. The van der Waals surface area contributed by atoms with Crippen molar-refractivity contribution in [3.05, 3.63) is 131 Å². The number of benzene rings is 3. The van der Waals surface area contributed by atoms with E-state index in [4.69, 9.17) is 0 Å². The molecule has 0 saturated carbocycles. The molecule has 3 aromatic carbocycles. The van der Waals surface area contributed by atoms with Crippen LogP contribution in [0.5, 0.6) is 5.75 Å². The average molecular weight is 376 g/mol. The van der Waals surface area contributed by atoms with Crippen molar-refractivity contribution in [2.75, 3.05) is 0 Å². The lowest BCUT2D eigenvalue weighted by Gasteiger charge is -2.50. The summed E-state index contributed by atoms with van der Waals surface area (Å²) < 4.78 is 2.44. The number of nitrogens with zero attached hydrogens (tertiary/aromatic N) is 1. The zero-order chi connectivity index (χ0) is 19.4. The van der Waals surface area contributed by atoms with Gasteiger partial charge in [-0.05, 0) is 34.9 Å². The van der Waals surface area contributed by atoms with Crippen LogP contribution in [0.15, 0.2) is 103 Å². The third kappa shape index (κ3) is 2.20. The van der Waals surface area contributed by atoms with Crippen LogP contribution in [0.3, 0.4) is 0 Å². The first kappa shape index (κ1) is 16.6. The van der Waals surface area contributed by atoms with Crippen molar-refractivity contribution < 1.29 is 9.67 Å². The Balaban J connectivity index is 1.73. The summed E-state index contributed by atoms with van der Waals surface area (Å²) in [5.74, 6) is 0.481. The minimum absolute atomic E-state index is 0.139. The van der Waals surface area contributed by atoms with Crippen molar-refractivity contribution in [2.45, 2.75) is 23.8 Å². The maximum absolute atomic E-state index is 10.4. The first-order valence-corrected chi connectivity index (χ1v) is 10.2. The van der Waals surface area contributed by atoms with Crippen LogP contribution in [0.2, 0.25) is 0 Å². The molecular weight excluding hydrogens is 354 g/mol. The van der Waals surface area contributed by atoms with Gasteiger partial charge in [-0.25, -0.2) is 0 Å². The van der Waals surface area contributed by atoms with Crippen LogP contribution in [0.4, 0.5) is 0 Å². The quantitative estimate of drug-likeness (QED) is 0.483. The second-order valence-corrected chi connectivity index (χ2v) is 8.20. The van der Waals surface area contributed by atoms with E-state index in [9.17, 15) is 5.11 Å². The lowest BCUT2D eigenvalue weighted by molar-refractivity contribution is -0.732. The van der Waals surface area contributed by atoms with E-state index in [2.05, 4.69) is 95.7 Å². The minimum atomic E-state index is -0.171. The van der Waals surface area contributed by atoms with E-state index in [1.165, 1.54) is 27.9 Å². The molecule has 2 heteroatoms. The maximum atomic E-state index is 10.4. The number of aromatic hydroxyl groups is 1. The third-order valence-electron chi connectivity index (χ3n) is 6.88. The highest BCUT2D eigenvalue weighted by molar-refractivity contribution is 5.56. The molecular formula is C27H22NO+. The standard InChI is InChI=1S/C27H21NO/c29-21-14-15-22-23(17-21)26-24-13-7-8-16-28(24)25(22)18-27(26,19-9-3-1-4-10-19)20-11-5-2-6-12-20/h1-17,25-26H,18H2/p+1. The van der Waals surface area contributed by atoms with E-state index >= 15 is 0 Å². The van der Waals surface area contributed by atoms with Crippen molar-refractivity contribution in [2.24, 2.45) is 0 Å². The van der Waals surface area contributed by atoms with Gasteiger partial charge in [0.05, 0.1) is 5.92 Å². The molecule has 7 rings (SSSR count). The number of phenols is 1. The predicted octanol–water partition coefficient (Wildman–Crippen LogP) is 5.10. The molecule has 2 nitrogen and oxygen atoms in total. The SMILES string of the molecule is Oc1ccc2c(c1)C1c3cccc[n+]3C2CC1(c1ccccc1)c1ccccc1. The molecule has 2 atom stereocenters. The number of hydrogen-bond donors (Lipinski definition) is 1. The number of aromatic nitrogens is 1. The fraction of sp³-hybridized carbons (Fsp3) is 0.148. The molecule has 0 spiro atoms. The molecule has 0 amide bonds. The van der Waals surface area contributed by atoms with Crippen molar-refractivity contribution >= 4 is 0 Å². The number of rotatable bonds is 2. The van der Waals surface area contributed by atoms with Crippen LogP contribution in [-0.2, 0) is 5.41 Å². The normalized spacial score (nSPS) is 20.7. The molecule has 0 radical (unpaired) electrons. The van der Waals surface area contributed by atoms with Crippen LogP contribution < -0.4 is 4.57 Å². The first-order chi connectivity index (χ1) is 14.3. The highest BCUT2D eigenvalue weighted by Gasteiger charge is 2.59. The van der Waals surface area contributed by atoms with E-state index < -0.39 is 0 Å². The molecule has 3 aliphatic rings. The topological polar surface area (TPSA) is 24.1 Å². The van der Waals surface area contributed by atoms with Gasteiger partial charge >= 0.3 is 0 Å². The molecule has 2 aliphatic heterocycles. The van der Waals surface area contributed by atoms with Crippen LogP contribution in [0.25, 0.3) is 0 Å². The van der Waals surface area contributed by atoms with E-state index in [-0.39, 0.29) is 17.4 Å². The average Bonchev–Trinajstić information content (AvgIpc) is 2.80. The summed E-state index contributed by atoms with van der Waals surface area (Å²) in [7, 11) is 0. The summed E-state index contributed by atoms with van der Waals surface area (Å²) in [6.45, 7) is 0. The van der Waals surface area contributed by atoms with Crippen LogP contribution in [0, 0.1) is 0 Å². The Labute approximate surface area is 170 Å². The molecule has 0 fully saturated rings. The lowest BCUT2D eigenvalue weighted by Crippen LogP contribution is -2.60. The highest BCUT2D eigenvalue weighted by atomic mass is 16.3. The van der Waals surface area contributed by atoms with Gasteiger partial charge in [0.1, 0.15) is 5.75 Å². The summed E-state index contributed by atoms with van der Waals surface area (Å²) in [6.07, 6.45) is 3.22. The van der Waals surface area contributed by atoms with Gasteiger partial charge in [0.2, 0.25) is 0 Å². The fourth-order valence-corrected chi connectivity index (χ4v) is 5.78. The van der Waals surface area contributed by atoms with Gasteiger partial charge in [0, 0.05) is 29.5 Å². The van der Waals surface area contributed by atoms with E-state index in [0.29, 0.717) is 5.75 Å². The van der Waals surface area contributed by atoms with Gasteiger partial charge in [0.25, 0.3) is 0 Å². The van der Waals surface area contributed by atoms with Crippen LogP contribution >= 0.6 is 0 Å². The molecule has 2 bridgehead atoms. The summed E-state index contributed by atoms with van der Waals surface area (Å²) in [5.41, 5.74) is 6.40. The Bertz CT molecular complexity index is 1160. The zero-order valence-electron chi connectivity index (χ0n) is 16.1. The Morgan fingerprint density at radius 1 is 0.724 bits per heavy atom. The largest absolute Gasteiger partial charge is 0.508 e. The van der Waals surface area contributed by atoms with E-state index in [1.54, 1.807) is 0 Å². The van der Waals surface area contributed by atoms with Crippen molar-refractivity contribution in [1.29, 1.82) is 0 Å². The Morgan fingerprint density at radius 3 is 2.07 bits per heavy atom. The number of phenolic OH excluding ortho intramolecular Hbond substituents is 1. The zero-order valence-corrected chi connectivity index (χ0v) is 16.1. The second kappa shape index (κ2) is 6.05. The van der Waals surface area contributed by atoms with E-state index in [1.807, 2.05) is 12.1 Å². The Kier molecular flexibility index (Phi) is 3.45. The van der Waals surface area contributed by atoms with E-state index in [0.717, 1.165) is 6.42 Å². The van der Waals surface area contributed by atoms with Crippen LogP contribution in [0.1, 0.15) is 46.3 Å². The second-order valence-electron chi connectivity index (χ2n) is 8.20. The van der Waals surface area contributed by atoms with Gasteiger partial charge in [-0.3, -0.25) is 0 Å². The van der Waals surface area contributed by atoms with Crippen molar-refractivity contribution in [3.8, 4) is 5.75 Å². The first-order valence-electron chi connectivity index (χ1n) is 10.2. The summed E-state index contributed by atoms with van der Waals surface area (Å²) in [5, 5.41) is 10.4. The Hall–Kier alpha value is -3.39. The molecule has 1 N–H and O–H groups in total. The molecule has 1 aromatic heterocycles. The fourth-order valence-electron chi connectivity index (χ4n) is 5.78. The van der Waals surface area contributed by atoms with Gasteiger partial charge < -0.3 is 5.11 Å². The monoisotopic (exact) mass is 376 g/mol. The molecule has 1 aliphatic carbocycles.